The SMILES string of the molecule is CC[C@@H](NC(=O)COC)C(=O)O. The highest BCUT2D eigenvalue weighted by molar-refractivity contribution is 5.84. The van der Waals surface area contributed by atoms with Crippen molar-refractivity contribution in [2.45, 2.75) is 19.4 Å². The summed E-state index contributed by atoms with van der Waals surface area (Å²) in [6.07, 6.45) is 0.366. The first-order chi connectivity index (χ1) is 5.61. The largest absolute Gasteiger partial charge is 0.480 e. The van der Waals surface area contributed by atoms with E-state index < -0.39 is 17.9 Å². The van der Waals surface area contributed by atoms with Crippen LogP contribution in [0.25, 0.3) is 0 Å². The minimum absolute atomic E-state index is 0.107. The maximum absolute atomic E-state index is 10.8. The number of nitrogens with one attached hydrogen (secondary N) is 1. The minimum Gasteiger partial charge on any atom is -0.480 e. The van der Waals surface area contributed by atoms with Gasteiger partial charge in [0.2, 0.25) is 5.91 Å². The number of carbonyl (C=O) groups excluding carboxylic acids is 1. The lowest BCUT2D eigenvalue weighted by Crippen LogP contribution is -2.41. The van der Waals surface area contributed by atoms with Crippen LogP contribution in [0.1, 0.15) is 13.3 Å². The van der Waals surface area contributed by atoms with Gasteiger partial charge in [0.1, 0.15) is 12.6 Å². The van der Waals surface area contributed by atoms with Crippen LogP contribution in [0.3, 0.4) is 0 Å². The van der Waals surface area contributed by atoms with E-state index >= 15 is 0 Å². The lowest BCUT2D eigenvalue weighted by molar-refractivity contribution is -0.142. The van der Waals surface area contributed by atoms with Crippen LogP contribution in [0.4, 0.5) is 0 Å². The highest BCUT2D eigenvalue weighted by atomic mass is 16.5. The Labute approximate surface area is 70.7 Å². The number of carbonyl (C=O) groups is 2. The molecule has 5 heteroatoms. The first-order valence-electron chi connectivity index (χ1n) is 3.63. The summed E-state index contributed by atoms with van der Waals surface area (Å²) in [4.78, 5) is 21.2. The number of aliphatic carboxylic acids is 1. The fourth-order valence-electron chi connectivity index (χ4n) is 0.706. The first-order valence-corrected chi connectivity index (χ1v) is 3.63. The van der Waals surface area contributed by atoms with Gasteiger partial charge in [-0.05, 0) is 6.42 Å². The zero-order chi connectivity index (χ0) is 9.56. The van der Waals surface area contributed by atoms with Gasteiger partial charge in [0, 0.05) is 7.11 Å². The second kappa shape index (κ2) is 5.54. The maximum Gasteiger partial charge on any atom is 0.326 e. The molecule has 0 aliphatic carbocycles. The Hall–Kier alpha value is -1.10. The van der Waals surface area contributed by atoms with E-state index in [9.17, 15) is 9.59 Å². The quantitative estimate of drug-likeness (QED) is 0.596. The lowest BCUT2D eigenvalue weighted by atomic mass is 10.2. The molecule has 2 N–H and O–H groups in total. The molecule has 0 bridgehead atoms. The molecule has 0 aliphatic heterocycles. The molecule has 0 fully saturated rings. The summed E-state index contributed by atoms with van der Waals surface area (Å²) < 4.78 is 4.52. The highest BCUT2D eigenvalue weighted by Gasteiger charge is 2.16. The fourth-order valence-corrected chi connectivity index (χ4v) is 0.706. The Balaban J connectivity index is 3.85. The number of rotatable bonds is 5. The van der Waals surface area contributed by atoms with Crippen LogP contribution in [0, 0.1) is 0 Å². The van der Waals surface area contributed by atoms with Gasteiger partial charge in [-0.25, -0.2) is 4.79 Å². The van der Waals surface area contributed by atoms with Crippen LogP contribution in [0.5, 0.6) is 0 Å². The number of ether oxygens (including phenoxy) is 1. The number of carboxylic acids is 1. The topological polar surface area (TPSA) is 75.6 Å². The molecule has 5 nitrogen and oxygen atoms in total. The van der Waals surface area contributed by atoms with E-state index in [1.54, 1.807) is 6.92 Å². The standard InChI is InChI=1S/C7H13NO4/c1-3-5(7(10)11)8-6(9)4-12-2/h5H,3-4H2,1-2H3,(H,8,9)(H,10,11)/t5-/m1/s1. The van der Waals surface area contributed by atoms with Crippen molar-refractivity contribution in [3.8, 4) is 0 Å². The highest BCUT2D eigenvalue weighted by Crippen LogP contribution is 1.90. The van der Waals surface area contributed by atoms with E-state index in [-0.39, 0.29) is 6.61 Å². The molecule has 12 heavy (non-hydrogen) atoms. The normalized spacial score (nSPS) is 12.2. The molecule has 70 valence electrons. The van der Waals surface area contributed by atoms with Gasteiger partial charge in [-0.3, -0.25) is 4.79 Å². The summed E-state index contributed by atoms with van der Waals surface area (Å²) in [6.45, 7) is 1.58. The summed E-state index contributed by atoms with van der Waals surface area (Å²) in [5.74, 6) is -1.44. The van der Waals surface area contributed by atoms with Crippen LogP contribution in [-0.4, -0.2) is 36.7 Å². The monoisotopic (exact) mass is 175 g/mol. The van der Waals surface area contributed by atoms with E-state index in [0.29, 0.717) is 6.42 Å². The molecular formula is C7H13NO4. The number of amides is 1. The fraction of sp³-hybridized carbons (Fsp3) is 0.714. The predicted molar refractivity (Wildman–Crippen MR) is 41.7 cm³/mol. The van der Waals surface area contributed by atoms with Crippen molar-refractivity contribution in [3.05, 3.63) is 0 Å². The third-order valence-corrected chi connectivity index (χ3v) is 1.32. The van der Waals surface area contributed by atoms with Crippen molar-refractivity contribution < 1.29 is 19.4 Å². The van der Waals surface area contributed by atoms with Gasteiger partial charge in [-0.2, -0.15) is 0 Å². The van der Waals surface area contributed by atoms with Crippen molar-refractivity contribution in [1.29, 1.82) is 0 Å². The molecule has 0 saturated heterocycles. The average molecular weight is 175 g/mol. The molecule has 1 amide bonds. The summed E-state index contributed by atoms with van der Waals surface area (Å²) in [5.41, 5.74) is 0. The van der Waals surface area contributed by atoms with Crippen molar-refractivity contribution in [2.75, 3.05) is 13.7 Å². The number of hydrogen-bond donors (Lipinski definition) is 2. The average Bonchev–Trinajstić information content (AvgIpc) is 2.00. The summed E-state index contributed by atoms with van der Waals surface area (Å²) >= 11 is 0. The van der Waals surface area contributed by atoms with Gasteiger partial charge in [-0.15, -0.1) is 0 Å². The summed E-state index contributed by atoms with van der Waals surface area (Å²) in [5, 5.41) is 10.8. The van der Waals surface area contributed by atoms with Gasteiger partial charge >= 0.3 is 5.97 Å². The van der Waals surface area contributed by atoms with E-state index in [4.69, 9.17) is 5.11 Å². The Morgan fingerprint density at radius 1 is 1.58 bits per heavy atom. The van der Waals surface area contributed by atoms with E-state index in [1.165, 1.54) is 7.11 Å². The first kappa shape index (κ1) is 10.9. The second-order valence-corrected chi connectivity index (χ2v) is 2.30. The molecular weight excluding hydrogens is 162 g/mol. The second-order valence-electron chi connectivity index (χ2n) is 2.30. The van der Waals surface area contributed by atoms with Crippen LogP contribution in [0.15, 0.2) is 0 Å². The van der Waals surface area contributed by atoms with Crippen LogP contribution in [0.2, 0.25) is 0 Å². The van der Waals surface area contributed by atoms with Crippen LogP contribution >= 0.6 is 0 Å². The molecule has 0 saturated carbocycles. The Kier molecular flexibility index (Phi) is 5.03. The molecule has 0 unspecified atom stereocenters. The minimum atomic E-state index is -1.03. The molecule has 0 heterocycles. The molecule has 0 aromatic rings. The van der Waals surface area contributed by atoms with Gasteiger partial charge in [0.15, 0.2) is 0 Å². The van der Waals surface area contributed by atoms with E-state index in [1.807, 2.05) is 0 Å². The Morgan fingerprint density at radius 3 is 2.50 bits per heavy atom. The molecule has 0 aromatic carbocycles. The zero-order valence-electron chi connectivity index (χ0n) is 7.16. The molecule has 0 spiro atoms. The van der Waals surface area contributed by atoms with E-state index in [0.717, 1.165) is 0 Å². The predicted octanol–water partition coefficient (Wildman–Crippen LogP) is -0.388. The van der Waals surface area contributed by atoms with Crippen molar-refractivity contribution >= 4 is 11.9 Å². The third kappa shape index (κ3) is 3.92. The number of carboxylic acid groups (broad SMARTS) is 1. The summed E-state index contributed by atoms with van der Waals surface area (Å²) in [7, 11) is 1.38. The number of methoxy groups -OCH3 is 1. The molecule has 0 aliphatic rings. The molecule has 0 rings (SSSR count). The van der Waals surface area contributed by atoms with Gasteiger partial charge in [0.25, 0.3) is 0 Å². The smallest absolute Gasteiger partial charge is 0.326 e. The zero-order valence-corrected chi connectivity index (χ0v) is 7.16. The van der Waals surface area contributed by atoms with E-state index in [2.05, 4.69) is 10.1 Å². The third-order valence-electron chi connectivity index (χ3n) is 1.32. The Bertz CT molecular complexity index is 169. The summed E-state index contributed by atoms with van der Waals surface area (Å²) in [6, 6.07) is -0.812. The molecule has 0 radical (unpaired) electrons. The van der Waals surface area contributed by atoms with Crippen LogP contribution in [-0.2, 0) is 14.3 Å². The maximum atomic E-state index is 10.8. The number of hydrogen-bond acceptors (Lipinski definition) is 3. The van der Waals surface area contributed by atoms with Crippen LogP contribution < -0.4 is 5.32 Å². The van der Waals surface area contributed by atoms with Gasteiger partial charge < -0.3 is 15.2 Å². The Morgan fingerprint density at radius 2 is 2.17 bits per heavy atom. The van der Waals surface area contributed by atoms with Crippen molar-refractivity contribution in [1.82, 2.24) is 5.32 Å². The van der Waals surface area contributed by atoms with Crippen molar-refractivity contribution in [3.63, 3.8) is 0 Å². The lowest BCUT2D eigenvalue weighted by Gasteiger charge is -2.11. The molecule has 0 aromatic heterocycles. The van der Waals surface area contributed by atoms with Gasteiger partial charge in [0.05, 0.1) is 0 Å². The van der Waals surface area contributed by atoms with Crippen molar-refractivity contribution in [2.24, 2.45) is 0 Å². The van der Waals surface area contributed by atoms with Gasteiger partial charge in [-0.1, -0.05) is 6.92 Å². The molecule has 1 atom stereocenters.